The molecule has 0 spiro atoms. The highest BCUT2D eigenvalue weighted by Crippen LogP contribution is 2.22. The molecule has 4 heteroatoms. The summed E-state index contributed by atoms with van der Waals surface area (Å²) in [7, 11) is 0. The van der Waals surface area contributed by atoms with Crippen molar-refractivity contribution in [1.82, 2.24) is 0 Å². The van der Waals surface area contributed by atoms with Crippen molar-refractivity contribution in [2.75, 3.05) is 0 Å². The molecule has 1 aromatic rings. The molecule has 0 aliphatic heterocycles. The van der Waals surface area contributed by atoms with Crippen molar-refractivity contribution in [3.8, 4) is 5.75 Å². The quantitative estimate of drug-likeness (QED) is 0.784. The normalized spacial score (nSPS) is 17.8. The lowest BCUT2D eigenvalue weighted by Crippen LogP contribution is -2.31. The SMILES string of the molecule is CC(Oc1ccc(Cl)cc1)C(=O)OC1CCCCC1. The Morgan fingerprint density at radius 2 is 1.84 bits per heavy atom. The van der Waals surface area contributed by atoms with Gasteiger partial charge in [-0.25, -0.2) is 4.79 Å². The molecule has 0 heterocycles. The van der Waals surface area contributed by atoms with Gasteiger partial charge < -0.3 is 9.47 Å². The molecule has 0 N–H and O–H groups in total. The minimum Gasteiger partial charge on any atom is -0.479 e. The van der Waals surface area contributed by atoms with Crippen molar-refractivity contribution >= 4 is 17.6 Å². The van der Waals surface area contributed by atoms with Crippen LogP contribution < -0.4 is 4.74 Å². The summed E-state index contributed by atoms with van der Waals surface area (Å²) in [5, 5.41) is 0.643. The first-order chi connectivity index (χ1) is 9.15. The minimum atomic E-state index is -0.594. The fourth-order valence-corrected chi connectivity index (χ4v) is 2.33. The highest BCUT2D eigenvalue weighted by molar-refractivity contribution is 6.30. The van der Waals surface area contributed by atoms with Gasteiger partial charge in [0.15, 0.2) is 6.10 Å². The lowest BCUT2D eigenvalue weighted by molar-refractivity contribution is -0.158. The lowest BCUT2D eigenvalue weighted by Gasteiger charge is -2.23. The second kappa shape index (κ2) is 6.80. The van der Waals surface area contributed by atoms with Crippen LogP contribution >= 0.6 is 11.6 Å². The van der Waals surface area contributed by atoms with E-state index in [9.17, 15) is 4.79 Å². The molecule has 19 heavy (non-hydrogen) atoms. The fourth-order valence-electron chi connectivity index (χ4n) is 2.21. The van der Waals surface area contributed by atoms with Crippen LogP contribution in [0.25, 0.3) is 0 Å². The Labute approximate surface area is 118 Å². The number of benzene rings is 1. The third kappa shape index (κ3) is 4.43. The molecular weight excluding hydrogens is 264 g/mol. The first kappa shape index (κ1) is 14.2. The summed E-state index contributed by atoms with van der Waals surface area (Å²) < 4.78 is 11.0. The largest absolute Gasteiger partial charge is 0.479 e. The van der Waals surface area contributed by atoms with Crippen LogP contribution in [0, 0.1) is 0 Å². The van der Waals surface area contributed by atoms with Gasteiger partial charge in [0.1, 0.15) is 11.9 Å². The van der Waals surface area contributed by atoms with E-state index in [4.69, 9.17) is 21.1 Å². The van der Waals surface area contributed by atoms with E-state index in [-0.39, 0.29) is 12.1 Å². The van der Waals surface area contributed by atoms with Gasteiger partial charge >= 0.3 is 5.97 Å². The molecule has 2 rings (SSSR count). The molecule has 1 aliphatic rings. The maximum Gasteiger partial charge on any atom is 0.347 e. The van der Waals surface area contributed by atoms with Gasteiger partial charge in [0.2, 0.25) is 0 Å². The van der Waals surface area contributed by atoms with Gasteiger partial charge in [-0.15, -0.1) is 0 Å². The zero-order valence-electron chi connectivity index (χ0n) is 11.1. The molecule has 0 amide bonds. The van der Waals surface area contributed by atoms with E-state index < -0.39 is 6.10 Å². The number of carbonyl (C=O) groups is 1. The Morgan fingerprint density at radius 3 is 2.47 bits per heavy atom. The van der Waals surface area contributed by atoms with Gasteiger partial charge in [0, 0.05) is 5.02 Å². The average Bonchev–Trinajstić information content (AvgIpc) is 2.42. The number of hydrogen-bond donors (Lipinski definition) is 0. The Bertz CT molecular complexity index is 410. The summed E-state index contributed by atoms with van der Waals surface area (Å²) in [5.41, 5.74) is 0. The molecule has 0 aromatic heterocycles. The number of halogens is 1. The van der Waals surface area contributed by atoms with Crippen molar-refractivity contribution in [1.29, 1.82) is 0 Å². The predicted octanol–water partition coefficient (Wildman–Crippen LogP) is 3.98. The Balaban J connectivity index is 1.83. The van der Waals surface area contributed by atoms with Crippen molar-refractivity contribution in [3.63, 3.8) is 0 Å². The van der Waals surface area contributed by atoms with E-state index in [1.807, 2.05) is 0 Å². The second-order valence-electron chi connectivity index (χ2n) is 4.91. The number of esters is 1. The van der Waals surface area contributed by atoms with E-state index in [0.29, 0.717) is 10.8 Å². The molecule has 0 saturated heterocycles. The molecule has 1 aliphatic carbocycles. The van der Waals surface area contributed by atoms with E-state index in [0.717, 1.165) is 25.7 Å². The van der Waals surface area contributed by atoms with Crippen LogP contribution in [0.15, 0.2) is 24.3 Å². The number of hydrogen-bond acceptors (Lipinski definition) is 3. The highest BCUT2D eigenvalue weighted by atomic mass is 35.5. The van der Waals surface area contributed by atoms with Gasteiger partial charge in [0.05, 0.1) is 0 Å². The molecule has 1 atom stereocenters. The Hall–Kier alpha value is -1.22. The summed E-state index contributed by atoms with van der Waals surface area (Å²) in [6.45, 7) is 1.71. The van der Waals surface area contributed by atoms with Crippen molar-refractivity contribution < 1.29 is 14.3 Å². The smallest absolute Gasteiger partial charge is 0.347 e. The standard InChI is InChI=1S/C15H19ClO3/c1-11(18-14-9-7-12(16)8-10-14)15(17)19-13-5-3-2-4-6-13/h7-11,13H,2-6H2,1H3. The van der Waals surface area contributed by atoms with Crippen LogP contribution in [-0.2, 0) is 9.53 Å². The van der Waals surface area contributed by atoms with Gasteiger partial charge in [-0.2, -0.15) is 0 Å². The van der Waals surface area contributed by atoms with Gasteiger partial charge in [-0.1, -0.05) is 18.0 Å². The van der Waals surface area contributed by atoms with Crippen LogP contribution in [0.2, 0.25) is 5.02 Å². The number of ether oxygens (including phenoxy) is 2. The molecule has 1 saturated carbocycles. The molecular formula is C15H19ClO3. The van der Waals surface area contributed by atoms with Gasteiger partial charge in [0.25, 0.3) is 0 Å². The van der Waals surface area contributed by atoms with Gasteiger partial charge in [-0.05, 0) is 56.9 Å². The van der Waals surface area contributed by atoms with Crippen LogP contribution in [0.3, 0.4) is 0 Å². The molecule has 1 unspecified atom stereocenters. The average molecular weight is 283 g/mol. The molecule has 1 fully saturated rings. The van der Waals surface area contributed by atoms with E-state index in [1.54, 1.807) is 31.2 Å². The maximum atomic E-state index is 11.9. The Kier molecular flexibility index (Phi) is 5.08. The predicted molar refractivity (Wildman–Crippen MR) is 74.5 cm³/mol. The zero-order chi connectivity index (χ0) is 13.7. The van der Waals surface area contributed by atoms with Crippen molar-refractivity contribution in [2.45, 2.75) is 51.2 Å². The van der Waals surface area contributed by atoms with Crippen LogP contribution in [0.5, 0.6) is 5.75 Å². The zero-order valence-corrected chi connectivity index (χ0v) is 11.9. The highest BCUT2D eigenvalue weighted by Gasteiger charge is 2.22. The minimum absolute atomic E-state index is 0.0671. The van der Waals surface area contributed by atoms with Crippen LogP contribution in [-0.4, -0.2) is 18.2 Å². The summed E-state index contributed by atoms with van der Waals surface area (Å²) in [6.07, 6.45) is 4.94. The number of carbonyl (C=O) groups excluding carboxylic acids is 1. The lowest BCUT2D eigenvalue weighted by atomic mass is 9.98. The third-order valence-corrected chi connectivity index (χ3v) is 3.55. The van der Waals surface area contributed by atoms with E-state index >= 15 is 0 Å². The molecule has 3 nitrogen and oxygen atoms in total. The fraction of sp³-hybridized carbons (Fsp3) is 0.533. The van der Waals surface area contributed by atoms with Crippen molar-refractivity contribution in [3.05, 3.63) is 29.3 Å². The van der Waals surface area contributed by atoms with E-state index in [1.165, 1.54) is 6.42 Å². The van der Waals surface area contributed by atoms with Gasteiger partial charge in [-0.3, -0.25) is 0 Å². The maximum absolute atomic E-state index is 11.9. The first-order valence-corrected chi connectivity index (χ1v) is 7.15. The Morgan fingerprint density at radius 1 is 1.21 bits per heavy atom. The molecule has 104 valence electrons. The third-order valence-electron chi connectivity index (χ3n) is 3.29. The van der Waals surface area contributed by atoms with E-state index in [2.05, 4.69) is 0 Å². The molecule has 0 radical (unpaired) electrons. The summed E-state index contributed by atoms with van der Waals surface area (Å²) in [4.78, 5) is 11.9. The van der Waals surface area contributed by atoms with Crippen molar-refractivity contribution in [2.24, 2.45) is 0 Å². The monoisotopic (exact) mass is 282 g/mol. The number of rotatable bonds is 4. The summed E-state index contributed by atoms with van der Waals surface area (Å²) >= 11 is 5.79. The molecule has 1 aromatic carbocycles. The molecule has 0 bridgehead atoms. The van der Waals surface area contributed by atoms with Crippen LogP contribution in [0.4, 0.5) is 0 Å². The van der Waals surface area contributed by atoms with Crippen LogP contribution in [0.1, 0.15) is 39.0 Å². The summed E-state index contributed by atoms with van der Waals surface area (Å²) in [6, 6.07) is 6.95. The second-order valence-corrected chi connectivity index (χ2v) is 5.35. The summed E-state index contributed by atoms with van der Waals surface area (Å²) in [5.74, 6) is 0.333. The topological polar surface area (TPSA) is 35.5 Å². The first-order valence-electron chi connectivity index (χ1n) is 6.78.